The van der Waals surface area contributed by atoms with Crippen LogP contribution in [-0.4, -0.2) is 28.7 Å². The van der Waals surface area contributed by atoms with Crippen molar-refractivity contribution in [2.75, 3.05) is 0 Å². The summed E-state index contributed by atoms with van der Waals surface area (Å²) in [5.74, 6) is -0.915. The van der Waals surface area contributed by atoms with Gasteiger partial charge in [-0.3, -0.25) is 4.79 Å². The molecule has 2 amide bonds. The first kappa shape index (κ1) is 14.7. The predicted molar refractivity (Wildman–Crippen MR) is 62.4 cm³/mol. The van der Waals surface area contributed by atoms with E-state index in [1.54, 1.807) is 6.92 Å². The lowest BCUT2D eigenvalue weighted by Gasteiger charge is -2.29. The summed E-state index contributed by atoms with van der Waals surface area (Å²) in [6.45, 7) is 7.65. The van der Waals surface area contributed by atoms with Gasteiger partial charge in [-0.1, -0.05) is 13.8 Å². The average molecular weight is 230 g/mol. The lowest BCUT2D eigenvalue weighted by molar-refractivity contribution is -0.137. The number of rotatable bonds is 6. The van der Waals surface area contributed by atoms with Crippen molar-refractivity contribution in [3.8, 4) is 0 Å². The molecular weight excluding hydrogens is 208 g/mol. The zero-order valence-corrected chi connectivity index (χ0v) is 10.5. The van der Waals surface area contributed by atoms with Crippen LogP contribution in [-0.2, 0) is 4.79 Å². The molecule has 1 unspecified atom stereocenters. The molecule has 0 saturated carbocycles. The molecule has 0 bridgehead atoms. The molecule has 3 N–H and O–H groups in total. The topological polar surface area (TPSA) is 78.4 Å². The van der Waals surface area contributed by atoms with Crippen LogP contribution < -0.4 is 10.6 Å². The Labute approximate surface area is 96.6 Å². The molecule has 0 spiro atoms. The third-order valence-corrected chi connectivity index (χ3v) is 2.83. The smallest absolute Gasteiger partial charge is 0.315 e. The Kier molecular flexibility index (Phi) is 5.85. The number of hydrogen-bond donors (Lipinski definition) is 3. The fraction of sp³-hybridized carbons (Fsp3) is 0.818. The van der Waals surface area contributed by atoms with Gasteiger partial charge in [-0.05, 0) is 26.7 Å². The SMILES string of the molecule is CCC(C)(CC)NC(=O)NC(C)CC(=O)O. The van der Waals surface area contributed by atoms with Gasteiger partial charge in [-0.15, -0.1) is 0 Å². The molecule has 0 radical (unpaired) electrons. The summed E-state index contributed by atoms with van der Waals surface area (Å²) in [6.07, 6.45) is 1.61. The van der Waals surface area contributed by atoms with Crippen molar-refractivity contribution in [2.45, 2.75) is 58.5 Å². The van der Waals surface area contributed by atoms with Crippen LogP contribution in [0, 0.1) is 0 Å². The first-order valence-corrected chi connectivity index (χ1v) is 5.63. The van der Waals surface area contributed by atoms with Gasteiger partial charge in [0.1, 0.15) is 0 Å². The van der Waals surface area contributed by atoms with Gasteiger partial charge in [0.05, 0.1) is 6.42 Å². The van der Waals surface area contributed by atoms with Crippen LogP contribution in [0.2, 0.25) is 0 Å². The number of hydrogen-bond acceptors (Lipinski definition) is 2. The highest BCUT2D eigenvalue weighted by Crippen LogP contribution is 2.12. The zero-order valence-electron chi connectivity index (χ0n) is 10.5. The van der Waals surface area contributed by atoms with E-state index in [-0.39, 0.29) is 24.0 Å². The fourth-order valence-corrected chi connectivity index (χ4v) is 1.27. The van der Waals surface area contributed by atoms with E-state index >= 15 is 0 Å². The van der Waals surface area contributed by atoms with E-state index in [2.05, 4.69) is 10.6 Å². The van der Waals surface area contributed by atoms with Crippen molar-refractivity contribution in [1.82, 2.24) is 10.6 Å². The maximum atomic E-state index is 11.6. The molecule has 5 nitrogen and oxygen atoms in total. The van der Waals surface area contributed by atoms with Crippen LogP contribution >= 0.6 is 0 Å². The minimum atomic E-state index is -0.915. The molecule has 0 aliphatic carbocycles. The first-order chi connectivity index (χ1) is 7.33. The largest absolute Gasteiger partial charge is 0.481 e. The second-order valence-electron chi connectivity index (χ2n) is 4.37. The van der Waals surface area contributed by atoms with Crippen molar-refractivity contribution >= 4 is 12.0 Å². The van der Waals surface area contributed by atoms with Crippen molar-refractivity contribution in [1.29, 1.82) is 0 Å². The molecule has 0 saturated heterocycles. The molecule has 0 aliphatic heterocycles. The van der Waals surface area contributed by atoms with E-state index in [4.69, 9.17) is 5.11 Å². The number of nitrogens with one attached hydrogen (secondary N) is 2. The Bertz CT molecular complexity index is 250. The Morgan fingerprint density at radius 1 is 1.31 bits per heavy atom. The molecule has 0 fully saturated rings. The summed E-state index contributed by atoms with van der Waals surface area (Å²) in [5, 5.41) is 14.0. The summed E-state index contributed by atoms with van der Waals surface area (Å²) in [6, 6.07) is -0.671. The van der Waals surface area contributed by atoms with E-state index in [9.17, 15) is 9.59 Å². The van der Waals surface area contributed by atoms with Crippen molar-refractivity contribution < 1.29 is 14.7 Å². The van der Waals surface area contributed by atoms with Crippen molar-refractivity contribution in [3.63, 3.8) is 0 Å². The number of urea groups is 1. The van der Waals surface area contributed by atoms with Crippen LogP contribution in [0.3, 0.4) is 0 Å². The predicted octanol–water partition coefficient (Wildman–Crippen LogP) is 1.73. The molecule has 1 atom stereocenters. The molecule has 0 aromatic heterocycles. The van der Waals surface area contributed by atoms with Crippen LogP contribution in [0.5, 0.6) is 0 Å². The Morgan fingerprint density at radius 2 is 1.81 bits per heavy atom. The molecule has 0 aliphatic rings. The highest BCUT2D eigenvalue weighted by atomic mass is 16.4. The third-order valence-electron chi connectivity index (χ3n) is 2.83. The van der Waals surface area contributed by atoms with Crippen LogP contribution in [0.25, 0.3) is 0 Å². The Balaban J connectivity index is 4.12. The molecule has 0 rings (SSSR count). The van der Waals surface area contributed by atoms with Gasteiger partial charge in [-0.25, -0.2) is 4.79 Å². The van der Waals surface area contributed by atoms with Gasteiger partial charge in [0.2, 0.25) is 0 Å². The monoisotopic (exact) mass is 230 g/mol. The van der Waals surface area contributed by atoms with E-state index in [1.807, 2.05) is 20.8 Å². The highest BCUT2D eigenvalue weighted by molar-refractivity contribution is 5.76. The number of amides is 2. The summed E-state index contributed by atoms with van der Waals surface area (Å²) < 4.78 is 0. The van der Waals surface area contributed by atoms with E-state index < -0.39 is 5.97 Å². The van der Waals surface area contributed by atoms with Gasteiger partial charge < -0.3 is 15.7 Å². The number of carboxylic acids is 1. The molecule has 0 heterocycles. The summed E-state index contributed by atoms with van der Waals surface area (Å²) in [7, 11) is 0. The molecule has 0 aromatic carbocycles. The third kappa shape index (κ3) is 5.58. The van der Waals surface area contributed by atoms with Crippen molar-refractivity contribution in [2.24, 2.45) is 0 Å². The van der Waals surface area contributed by atoms with Crippen LogP contribution in [0.15, 0.2) is 0 Å². The van der Waals surface area contributed by atoms with Gasteiger partial charge in [0.25, 0.3) is 0 Å². The van der Waals surface area contributed by atoms with E-state index in [0.29, 0.717) is 0 Å². The molecule has 5 heteroatoms. The van der Waals surface area contributed by atoms with Gasteiger partial charge >= 0.3 is 12.0 Å². The second-order valence-corrected chi connectivity index (χ2v) is 4.37. The number of carbonyl (C=O) groups excluding carboxylic acids is 1. The van der Waals surface area contributed by atoms with E-state index in [0.717, 1.165) is 12.8 Å². The maximum absolute atomic E-state index is 11.6. The number of carbonyl (C=O) groups is 2. The standard InChI is InChI=1S/C11H22N2O3/c1-5-11(4,6-2)13-10(16)12-8(3)7-9(14)15/h8H,5-7H2,1-4H3,(H,14,15)(H2,12,13,16). The fourth-order valence-electron chi connectivity index (χ4n) is 1.27. The average Bonchev–Trinajstić information content (AvgIpc) is 2.15. The molecule has 0 aromatic rings. The van der Waals surface area contributed by atoms with Crippen molar-refractivity contribution in [3.05, 3.63) is 0 Å². The lowest BCUT2D eigenvalue weighted by Crippen LogP contribution is -2.51. The summed E-state index contributed by atoms with van der Waals surface area (Å²) in [4.78, 5) is 22.0. The van der Waals surface area contributed by atoms with Gasteiger partial charge in [0.15, 0.2) is 0 Å². The zero-order chi connectivity index (χ0) is 12.8. The highest BCUT2D eigenvalue weighted by Gasteiger charge is 2.22. The van der Waals surface area contributed by atoms with E-state index in [1.165, 1.54) is 0 Å². The Morgan fingerprint density at radius 3 is 2.19 bits per heavy atom. The minimum absolute atomic E-state index is 0.0671. The lowest BCUT2D eigenvalue weighted by atomic mass is 9.96. The minimum Gasteiger partial charge on any atom is -0.481 e. The first-order valence-electron chi connectivity index (χ1n) is 5.63. The molecular formula is C11H22N2O3. The van der Waals surface area contributed by atoms with Crippen LogP contribution in [0.1, 0.15) is 47.0 Å². The number of carboxylic acid groups (broad SMARTS) is 1. The number of aliphatic carboxylic acids is 1. The Hall–Kier alpha value is -1.26. The second kappa shape index (κ2) is 6.35. The normalized spacial score (nSPS) is 13.0. The molecule has 16 heavy (non-hydrogen) atoms. The van der Waals surface area contributed by atoms with Crippen LogP contribution in [0.4, 0.5) is 4.79 Å². The summed E-state index contributed by atoms with van der Waals surface area (Å²) >= 11 is 0. The molecule has 94 valence electrons. The van der Waals surface area contributed by atoms with Gasteiger partial charge in [-0.2, -0.15) is 0 Å². The van der Waals surface area contributed by atoms with Gasteiger partial charge in [0, 0.05) is 11.6 Å². The maximum Gasteiger partial charge on any atom is 0.315 e. The quantitative estimate of drug-likeness (QED) is 0.650. The summed E-state index contributed by atoms with van der Waals surface area (Å²) in [5.41, 5.74) is -0.229.